The molecule has 1 amide bonds. The number of carbonyl (C=O) groups is 1. The first-order valence-electron chi connectivity index (χ1n) is 8.55. The molecule has 0 radical (unpaired) electrons. The molecule has 3 heterocycles. The number of nitrogens with zero attached hydrogens (tertiary/aromatic N) is 6. The van der Waals surface area contributed by atoms with Crippen LogP contribution in [-0.2, 0) is 28.4 Å². The number of rotatable bonds is 5. The SMILES string of the molecule is Cc1c(S(=O)(=O)N2CCN(C(=O)CCn3nccc3C)CC2)cnn1C. The summed E-state index contributed by atoms with van der Waals surface area (Å²) in [5, 5.41) is 8.19. The van der Waals surface area contributed by atoms with Crippen molar-refractivity contribution in [3.63, 3.8) is 0 Å². The van der Waals surface area contributed by atoms with Crippen LogP contribution in [0.25, 0.3) is 0 Å². The van der Waals surface area contributed by atoms with Gasteiger partial charge >= 0.3 is 0 Å². The van der Waals surface area contributed by atoms with E-state index < -0.39 is 10.0 Å². The molecule has 1 fully saturated rings. The Balaban J connectivity index is 1.57. The molecule has 1 saturated heterocycles. The summed E-state index contributed by atoms with van der Waals surface area (Å²) in [5.41, 5.74) is 1.62. The first-order chi connectivity index (χ1) is 12.3. The van der Waals surface area contributed by atoms with Gasteiger partial charge in [-0.25, -0.2) is 8.42 Å². The van der Waals surface area contributed by atoms with E-state index in [2.05, 4.69) is 10.2 Å². The van der Waals surface area contributed by atoms with Gasteiger partial charge in [0, 0.05) is 58.1 Å². The molecular weight excluding hydrogens is 356 g/mol. The van der Waals surface area contributed by atoms with Crippen LogP contribution in [0.4, 0.5) is 0 Å². The number of hydrogen-bond acceptors (Lipinski definition) is 5. The minimum Gasteiger partial charge on any atom is -0.340 e. The topological polar surface area (TPSA) is 93.3 Å². The number of aromatic nitrogens is 4. The van der Waals surface area contributed by atoms with Crippen LogP contribution in [0.1, 0.15) is 17.8 Å². The molecule has 142 valence electrons. The minimum absolute atomic E-state index is 0.0227. The summed E-state index contributed by atoms with van der Waals surface area (Å²) in [6.45, 7) is 5.60. The van der Waals surface area contributed by atoms with E-state index in [1.54, 1.807) is 34.4 Å². The smallest absolute Gasteiger partial charge is 0.246 e. The highest BCUT2D eigenvalue weighted by atomic mass is 32.2. The quantitative estimate of drug-likeness (QED) is 0.736. The molecule has 0 aromatic carbocycles. The van der Waals surface area contributed by atoms with Crippen molar-refractivity contribution in [2.45, 2.75) is 31.7 Å². The molecule has 3 rings (SSSR count). The van der Waals surface area contributed by atoms with Crippen molar-refractivity contribution < 1.29 is 13.2 Å². The average Bonchev–Trinajstić information content (AvgIpc) is 3.19. The Hall–Kier alpha value is -2.20. The molecule has 2 aromatic heterocycles. The molecule has 0 spiro atoms. The predicted molar refractivity (Wildman–Crippen MR) is 94.9 cm³/mol. The van der Waals surface area contributed by atoms with Crippen LogP contribution >= 0.6 is 0 Å². The first kappa shape index (κ1) is 18.6. The normalized spacial score (nSPS) is 16.2. The number of amides is 1. The number of hydrogen-bond donors (Lipinski definition) is 0. The molecule has 1 aliphatic rings. The van der Waals surface area contributed by atoms with E-state index in [4.69, 9.17) is 0 Å². The van der Waals surface area contributed by atoms with E-state index in [-0.39, 0.29) is 10.8 Å². The zero-order valence-corrected chi connectivity index (χ0v) is 16.1. The van der Waals surface area contributed by atoms with Crippen molar-refractivity contribution in [3.05, 3.63) is 29.8 Å². The lowest BCUT2D eigenvalue weighted by Crippen LogP contribution is -2.50. The van der Waals surface area contributed by atoms with E-state index in [9.17, 15) is 13.2 Å². The van der Waals surface area contributed by atoms with Gasteiger partial charge < -0.3 is 4.90 Å². The molecule has 10 heteroatoms. The predicted octanol–water partition coefficient (Wildman–Crippen LogP) is 0.157. The van der Waals surface area contributed by atoms with Crippen molar-refractivity contribution in [1.29, 1.82) is 0 Å². The van der Waals surface area contributed by atoms with Gasteiger partial charge in [-0.05, 0) is 19.9 Å². The number of piperazine rings is 1. The van der Waals surface area contributed by atoms with Gasteiger partial charge in [-0.1, -0.05) is 0 Å². The van der Waals surface area contributed by atoms with E-state index in [1.165, 1.54) is 10.5 Å². The molecule has 9 nitrogen and oxygen atoms in total. The highest BCUT2D eigenvalue weighted by Crippen LogP contribution is 2.20. The lowest BCUT2D eigenvalue weighted by atomic mass is 10.3. The van der Waals surface area contributed by atoms with Crippen molar-refractivity contribution in [3.8, 4) is 0 Å². The zero-order valence-electron chi connectivity index (χ0n) is 15.3. The van der Waals surface area contributed by atoms with Crippen molar-refractivity contribution >= 4 is 15.9 Å². The zero-order chi connectivity index (χ0) is 18.9. The third-order valence-electron chi connectivity index (χ3n) is 4.87. The molecule has 0 aliphatic carbocycles. The van der Waals surface area contributed by atoms with E-state index in [0.29, 0.717) is 44.8 Å². The van der Waals surface area contributed by atoms with Gasteiger partial charge in [-0.3, -0.25) is 14.2 Å². The maximum absolute atomic E-state index is 12.8. The van der Waals surface area contributed by atoms with E-state index in [1.807, 2.05) is 13.0 Å². The molecule has 0 unspecified atom stereocenters. The van der Waals surface area contributed by atoms with Crippen molar-refractivity contribution in [2.75, 3.05) is 26.2 Å². The van der Waals surface area contributed by atoms with Gasteiger partial charge in [0.2, 0.25) is 15.9 Å². The second-order valence-electron chi connectivity index (χ2n) is 6.45. The van der Waals surface area contributed by atoms with E-state index in [0.717, 1.165) is 5.69 Å². The highest BCUT2D eigenvalue weighted by molar-refractivity contribution is 7.89. The molecule has 0 saturated carbocycles. The van der Waals surface area contributed by atoms with Gasteiger partial charge in [0.1, 0.15) is 4.90 Å². The van der Waals surface area contributed by atoms with Gasteiger partial charge in [0.25, 0.3) is 0 Å². The fraction of sp³-hybridized carbons (Fsp3) is 0.562. The van der Waals surface area contributed by atoms with Crippen LogP contribution in [0.2, 0.25) is 0 Å². The monoisotopic (exact) mass is 380 g/mol. The standard InChI is InChI=1S/C16H24N6O3S/c1-13-4-6-17-22(13)7-5-16(23)20-8-10-21(11-9-20)26(24,25)15-12-18-19(3)14(15)2/h4,6,12H,5,7-11H2,1-3H3. The third kappa shape index (κ3) is 3.51. The molecular formula is C16H24N6O3S. The number of carbonyl (C=O) groups excluding carboxylic acids is 1. The van der Waals surface area contributed by atoms with Crippen LogP contribution < -0.4 is 0 Å². The highest BCUT2D eigenvalue weighted by Gasteiger charge is 2.32. The summed E-state index contributed by atoms with van der Waals surface area (Å²) >= 11 is 0. The van der Waals surface area contributed by atoms with Gasteiger partial charge in [0.05, 0.1) is 11.9 Å². The molecule has 26 heavy (non-hydrogen) atoms. The Labute approximate surface area is 153 Å². The summed E-state index contributed by atoms with van der Waals surface area (Å²) in [5.74, 6) is 0.0227. The second-order valence-corrected chi connectivity index (χ2v) is 8.35. The molecule has 0 bridgehead atoms. The summed E-state index contributed by atoms with van der Waals surface area (Å²) in [4.78, 5) is 14.3. The fourth-order valence-electron chi connectivity index (χ4n) is 3.04. The average molecular weight is 380 g/mol. The Morgan fingerprint density at radius 3 is 2.38 bits per heavy atom. The largest absolute Gasteiger partial charge is 0.340 e. The lowest BCUT2D eigenvalue weighted by Gasteiger charge is -2.34. The van der Waals surface area contributed by atoms with E-state index >= 15 is 0 Å². The van der Waals surface area contributed by atoms with Gasteiger partial charge in [0.15, 0.2) is 0 Å². The lowest BCUT2D eigenvalue weighted by molar-refractivity contribution is -0.132. The Morgan fingerprint density at radius 2 is 1.85 bits per heavy atom. The summed E-state index contributed by atoms with van der Waals surface area (Å²) in [6.07, 6.45) is 3.45. The molecule has 2 aromatic rings. The van der Waals surface area contributed by atoms with Crippen LogP contribution in [0, 0.1) is 13.8 Å². The maximum atomic E-state index is 12.8. The van der Waals surface area contributed by atoms with Crippen LogP contribution in [0.3, 0.4) is 0 Å². The second kappa shape index (κ2) is 7.20. The molecule has 1 aliphatic heterocycles. The Kier molecular flexibility index (Phi) is 5.15. The molecule has 0 N–H and O–H groups in total. The maximum Gasteiger partial charge on any atom is 0.246 e. The fourth-order valence-corrected chi connectivity index (χ4v) is 4.65. The third-order valence-corrected chi connectivity index (χ3v) is 6.87. The van der Waals surface area contributed by atoms with Crippen LogP contribution in [0.15, 0.2) is 23.4 Å². The van der Waals surface area contributed by atoms with Crippen LogP contribution in [0.5, 0.6) is 0 Å². The van der Waals surface area contributed by atoms with Gasteiger partial charge in [-0.15, -0.1) is 0 Å². The minimum atomic E-state index is -3.58. The summed E-state index contributed by atoms with van der Waals surface area (Å²) in [6, 6.07) is 1.90. The van der Waals surface area contributed by atoms with Crippen molar-refractivity contribution in [2.24, 2.45) is 7.05 Å². The summed E-state index contributed by atoms with van der Waals surface area (Å²) in [7, 11) is -1.86. The molecule has 0 atom stereocenters. The van der Waals surface area contributed by atoms with Crippen LogP contribution in [-0.4, -0.2) is 69.3 Å². The first-order valence-corrected chi connectivity index (χ1v) is 9.99. The summed E-state index contributed by atoms with van der Waals surface area (Å²) < 4.78 is 30.3. The number of aryl methyl sites for hydroxylation is 3. The Bertz CT molecular complexity index is 893. The van der Waals surface area contributed by atoms with Gasteiger partial charge in [-0.2, -0.15) is 14.5 Å². The Morgan fingerprint density at radius 1 is 1.15 bits per heavy atom. The number of sulfonamides is 1. The van der Waals surface area contributed by atoms with Crippen molar-refractivity contribution in [1.82, 2.24) is 28.8 Å².